The first-order valence-corrected chi connectivity index (χ1v) is 20.8. The SMILES string of the molecule is CCCC[Si](OC)(OC)C(C(=O)CCC)C(=O)c1ccccc1.CCCC[Si](OC)(OC)C(C(=O)CCC)C(=O)c1ccccc1.[Pt+2]. The largest absolute Gasteiger partial charge is 2.00 e. The molecule has 2 aromatic carbocycles. The van der Waals surface area contributed by atoms with E-state index < -0.39 is 28.2 Å². The summed E-state index contributed by atoms with van der Waals surface area (Å²) in [4.78, 5) is 51.6. The molecule has 0 saturated carbocycles. The van der Waals surface area contributed by atoms with Crippen LogP contribution in [0.2, 0.25) is 23.2 Å². The molecule has 2 rings (SSSR count). The van der Waals surface area contributed by atoms with Gasteiger partial charge in [-0.05, 0) is 24.9 Å². The van der Waals surface area contributed by atoms with Gasteiger partial charge in [-0.2, -0.15) is 0 Å². The van der Waals surface area contributed by atoms with E-state index in [1.807, 2.05) is 50.2 Å². The molecule has 264 valence electrons. The van der Waals surface area contributed by atoms with Gasteiger partial charge in [-0.3, -0.25) is 19.2 Å². The molecule has 11 heteroatoms. The number of hydrogen-bond acceptors (Lipinski definition) is 8. The first-order chi connectivity index (χ1) is 22.1. The number of Topliss-reactive ketones (excluding diaryl/α,β-unsaturated/α-hetero) is 4. The maximum Gasteiger partial charge on any atom is 2.00 e. The van der Waals surface area contributed by atoms with Gasteiger partial charge >= 0.3 is 38.2 Å². The summed E-state index contributed by atoms with van der Waals surface area (Å²) in [5.41, 5.74) is -0.508. The van der Waals surface area contributed by atoms with E-state index in [9.17, 15) is 19.2 Å². The van der Waals surface area contributed by atoms with Crippen LogP contribution in [0.5, 0.6) is 0 Å². The molecule has 2 unspecified atom stereocenters. The van der Waals surface area contributed by atoms with Crippen LogP contribution >= 0.6 is 0 Å². The van der Waals surface area contributed by atoms with Crippen molar-refractivity contribution >= 4 is 40.3 Å². The molecule has 0 amide bonds. The molecule has 2 aromatic rings. The quantitative estimate of drug-likeness (QED) is 0.0662. The van der Waals surface area contributed by atoms with Crippen molar-refractivity contribution in [1.82, 2.24) is 0 Å². The minimum atomic E-state index is -2.94. The molecule has 8 nitrogen and oxygen atoms in total. The van der Waals surface area contributed by atoms with Gasteiger partial charge in [0.15, 0.2) is 11.6 Å². The fourth-order valence-corrected chi connectivity index (χ4v) is 12.4. The van der Waals surface area contributed by atoms with Gasteiger partial charge in [0.2, 0.25) is 0 Å². The monoisotopic (exact) mass is 867 g/mol. The molecule has 0 heterocycles. The maximum atomic E-state index is 13.0. The molecule has 0 aliphatic carbocycles. The Balaban J connectivity index is 0.000000882. The van der Waals surface area contributed by atoms with Crippen LogP contribution in [0.25, 0.3) is 0 Å². The second-order valence-corrected chi connectivity index (χ2v) is 18.4. The van der Waals surface area contributed by atoms with Gasteiger partial charge in [0.1, 0.15) is 22.6 Å². The maximum absolute atomic E-state index is 13.0. The molecule has 2 atom stereocenters. The zero-order valence-electron chi connectivity index (χ0n) is 29.6. The Bertz CT molecular complexity index is 1090. The predicted octanol–water partition coefficient (Wildman–Crippen LogP) is 8.29. The van der Waals surface area contributed by atoms with Gasteiger partial charge in [0.05, 0.1) is 0 Å². The zero-order chi connectivity index (χ0) is 34.6. The topological polar surface area (TPSA) is 105 Å². The molecule has 0 aliphatic heterocycles. The number of ketones is 4. The van der Waals surface area contributed by atoms with E-state index in [1.165, 1.54) is 0 Å². The van der Waals surface area contributed by atoms with E-state index in [2.05, 4.69) is 13.8 Å². The first kappa shape index (κ1) is 45.1. The average Bonchev–Trinajstić information content (AvgIpc) is 3.09. The number of benzene rings is 2. The summed E-state index contributed by atoms with van der Waals surface area (Å²) in [5.74, 6) is -0.466. The van der Waals surface area contributed by atoms with Crippen LogP contribution < -0.4 is 0 Å². The third kappa shape index (κ3) is 12.8. The number of carbonyl (C=O) groups is 4. The van der Waals surface area contributed by atoms with Crippen molar-refractivity contribution < 1.29 is 57.9 Å². The van der Waals surface area contributed by atoms with Crippen molar-refractivity contribution in [1.29, 1.82) is 0 Å². The normalized spacial score (nSPS) is 12.6. The molecule has 0 bridgehead atoms. The first-order valence-electron chi connectivity index (χ1n) is 16.6. The molecule has 47 heavy (non-hydrogen) atoms. The fraction of sp³-hybridized carbons (Fsp3) is 0.556. The Morgan fingerprint density at radius 1 is 0.532 bits per heavy atom. The van der Waals surface area contributed by atoms with Crippen LogP contribution in [0, 0.1) is 0 Å². The fourth-order valence-electron chi connectivity index (χ4n) is 5.68. The smallest absolute Gasteiger partial charge is 0.397 e. The molecule has 0 spiro atoms. The summed E-state index contributed by atoms with van der Waals surface area (Å²) in [5, 5.41) is 0. The van der Waals surface area contributed by atoms with Crippen LogP contribution in [-0.4, -0.2) is 68.7 Å². The van der Waals surface area contributed by atoms with Crippen molar-refractivity contribution in [2.24, 2.45) is 0 Å². The van der Waals surface area contributed by atoms with E-state index in [4.69, 9.17) is 17.7 Å². The summed E-state index contributed by atoms with van der Waals surface area (Å²) in [6.07, 6.45) is 5.86. The summed E-state index contributed by atoms with van der Waals surface area (Å²) in [6.45, 7) is 8.03. The van der Waals surface area contributed by atoms with Crippen LogP contribution in [0.4, 0.5) is 0 Å². The minimum absolute atomic E-state index is 0. The summed E-state index contributed by atoms with van der Waals surface area (Å²) < 4.78 is 22.9. The Kier molecular flexibility index (Phi) is 23.3. The van der Waals surface area contributed by atoms with Crippen molar-refractivity contribution in [2.45, 2.75) is 102 Å². The Labute approximate surface area is 299 Å². The Morgan fingerprint density at radius 3 is 1.06 bits per heavy atom. The van der Waals surface area contributed by atoms with Gasteiger partial charge in [-0.15, -0.1) is 0 Å². The van der Waals surface area contributed by atoms with Crippen LogP contribution in [0.15, 0.2) is 60.7 Å². The van der Waals surface area contributed by atoms with Crippen LogP contribution in [0.1, 0.15) is 99.8 Å². The standard InChI is InChI=1S/2C18H28O4Si.Pt/c2*1-5-7-14-23(21-3,22-4)18(16(19)11-6-2)17(20)15-12-9-8-10-13-15;/h2*8-10,12-13,18H,5-7,11,14H2,1-4H3;/q;;+2. The minimum Gasteiger partial charge on any atom is -0.397 e. The summed E-state index contributed by atoms with van der Waals surface area (Å²) in [7, 11) is 0.383. The van der Waals surface area contributed by atoms with Gasteiger partial charge in [-0.1, -0.05) is 114 Å². The van der Waals surface area contributed by atoms with E-state index in [1.54, 1.807) is 52.7 Å². The van der Waals surface area contributed by atoms with E-state index >= 15 is 0 Å². The predicted molar refractivity (Wildman–Crippen MR) is 188 cm³/mol. The van der Waals surface area contributed by atoms with Gasteiger partial charge in [0.25, 0.3) is 0 Å². The second-order valence-electron chi connectivity index (χ2n) is 11.4. The molecule has 0 aromatic heterocycles. The number of hydrogen-bond donors (Lipinski definition) is 0. The van der Waals surface area contributed by atoms with Crippen LogP contribution in [0.3, 0.4) is 0 Å². The van der Waals surface area contributed by atoms with E-state index in [0.717, 1.165) is 25.7 Å². The van der Waals surface area contributed by atoms with Gasteiger partial charge in [-0.25, -0.2) is 0 Å². The van der Waals surface area contributed by atoms with Gasteiger partial charge in [0, 0.05) is 52.4 Å². The van der Waals surface area contributed by atoms with E-state index in [-0.39, 0.29) is 44.2 Å². The van der Waals surface area contributed by atoms with Crippen molar-refractivity contribution in [3.8, 4) is 0 Å². The zero-order valence-corrected chi connectivity index (χ0v) is 33.9. The summed E-state index contributed by atoms with van der Waals surface area (Å²) >= 11 is 0. The molecule has 0 saturated heterocycles. The Hall–Kier alpha value is -1.92. The molecule has 0 radical (unpaired) electrons. The van der Waals surface area contributed by atoms with Crippen molar-refractivity contribution in [2.75, 3.05) is 28.4 Å². The molecule has 0 aliphatic rings. The number of rotatable bonds is 22. The Morgan fingerprint density at radius 2 is 0.830 bits per heavy atom. The summed E-state index contributed by atoms with van der Waals surface area (Å²) in [6, 6.07) is 19.2. The van der Waals surface area contributed by atoms with Crippen molar-refractivity contribution in [3.63, 3.8) is 0 Å². The van der Waals surface area contributed by atoms with E-state index in [0.29, 0.717) is 48.9 Å². The second kappa shape index (κ2) is 24.3. The molecular weight excluding hydrogens is 812 g/mol. The number of unbranched alkanes of at least 4 members (excludes halogenated alkanes) is 2. The third-order valence-corrected chi connectivity index (χ3v) is 16.1. The average molecular weight is 868 g/mol. The van der Waals surface area contributed by atoms with Gasteiger partial charge < -0.3 is 17.7 Å². The molecule has 0 fully saturated rings. The molecular formula is C36H56O8PtSi2+2. The molecule has 0 N–H and O–H groups in total. The van der Waals surface area contributed by atoms with Crippen molar-refractivity contribution in [3.05, 3.63) is 71.8 Å². The number of carbonyl (C=O) groups excluding carboxylic acids is 4. The van der Waals surface area contributed by atoms with Crippen LogP contribution in [-0.2, 0) is 48.4 Å². The third-order valence-electron chi connectivity index (χ3n) is 8.30.